The van der Waals surface area contributed by atoms with Gasteiger partial charge in [0.1, 0.15) is 12.2 Å². The lowest BCUT2D eigenvalue weighted by Crippen LogP contribution is -2.58. The van der Waals surface area contributed by atoms with E-state index >= 15 is 0 Å². The third kappa shape index (κ3) is 2.82. The molecule has 0 aromatic carbocycles. The van der Waals surface area contributed by atoms with Gasteiger partial charge in [0.2, 0.25) is 0 Å². The van der Waals surface area contributed by atoms with Crippen molar-refractivity contribution in [3.05, 3.63) is 12.2 Å². The summed E-state index contributed by atoms with van der Waals surface area (Å²) < 4.78 is 1.89. The second-order valence-electron chi connectivity index (χ2n) is 6.39. The Hall–Kier alpha value is -0.940. The van der Waals surface area contributed by atoms with Gasteiger partial charge in [0.05, 0.1) is 6.54 Å². The van der Waals surface area contributed by atoms with Crippen LogP contribution in [0.15, 0.2) is 6.33 Å². The Morgan fingerprint density at radius 1 is 1.42 bits per heavy atom. The molecule has 0 spiro atoms. The molecule has 106 valence electrons. The number of aryl methyl sites for hydroxylation is 1. The van der Waals surface area contributed by atoms with Crippen LogP contribution < -0.4 is 5.32 Å². The van der Waals surface area contributed by atoms with Crippen molar-refractivity contribution in [3.8, 4) is 0 Å². The predicted molar refractivity (Wildman–Crippen MR) is 74.6 cm³/mol. The van der Waals surface area contributed by atoms with Gasteiger partial charge in [-0.05, 0) is 24.7 Å². The lowest BCUT2D eigenvalue weighted by atomic mass is 9.97. The van der Waals surface area contributed by atoms with Crippen LogP contribution in [-0.2, 0) is 13.6 Å². The maximum absolute atomic E-state index is 4.38. The maximum Gasteiger partial charge on any atom is 0.140 e. The summed E-state index contributed by atoms with van der Waals surface area (Å²) >= 11 is 0. The highest BCUT2D eigenvalue weighted by atomic mass is 15.3. The van der Waals surface area contributed by atoms with E-state index in [0.29, 0.717) is 18.0 Å². The first-order valence-electron chi connectivity index (χ1n) is 7.45. The molecule has 1 aromatic heterocycles. The average molecular weight is 263 g/mol. The molecule has 1 aromatic rings. The minimum atomic E-state index is 0.603. The van der Waals surface area contributed by atoms with Gasteiger partial charge in [0, 0.05) is 32.2 Å². The Labute approximate surface area is 115 Å². The molecule has 1 saturated heterocycles. The van der Waals surface area contributed by atoms with E-state index < -0.39 is 0 Å². The fourth-order valence-electron chi connectivity index (χ4n) is 3.15. The van der Waals surface area contributed by atoms with E-state index in [1.54, 1.807) is 6.33 Å². The minimum absolute atomic E-state index is 0.603. The zero-order chi connectivity index (χ0) is 13.4. The van der Waals surface area contributed by atoms with Crippen molar-refractivity contribution in [3.63, 3.8) is 0 Å². The standard InChI is InChI=1S/C14H25N5/c1-10(2)13-6-15-12(11-4-5-11)7-19(13)8-14-16-9-17-18(14)3/h9-13,15H,4-8H2,1-3H3. The predicted octanol–water partition coefficient (Wildman–Crippen LogP) is 1.02. The topological polar surface area (TPSA) is 46.0 Å². The van der Waals surface area contributed by atoms with Crippen LogP contribution in [0, 0.1) is 11.8 Å². The normalized spacial score (nSPS) is 29.1. The Bertz CT molecular complexity index is 423. The summed E-state index contributed by atoms with van der Waals surface area (Å²) in [6, 6.07) is 1.29. The molecule has 0 amide bonds. The van der Waals surface area contributed by atoms with E-state index in [2.05, 4.69) is 34.1 Å². The SMILES string of the molecule is CC(C)C1CNC(C2CC2)CN1Cc1ncnn1C. The summed E-state index contributed by atoms with van der Waals surface area (Å²) in [5.41, 5.74) is 0. The Balaban J connectivity index is 1.71. The molecule has 3 rings (SSSR count). The first-order chi connectivity index (χ1) is 9.15. The third-order valence-corrected chi connectivity index (χ3v) is 4.60. The Morgan fingerprint density at radius 3 is 2.79 bits per heavy atom. The molecule has 0 radical (unpaired) electrons. The smallest absolute Gasteiger partial charge is 0.140 e. The maximum atomic E-state index is 4.38. The molecule has 2 atom stereocenters. The van der Waals surface area contributed by atoms with E-state index in [1.807, 2.05) is 11.7 Å². The fourth-order valence-corrected chi connectivity index (χ4v) is 3.15. The number of hydrogen-bond donors (Lipinski definition) is 1. The number of hydrogen-bond acceptors (Lipinski definition) is 4. The molecule has 2 aliphatic rings. The summed E-state index contributed by atoms with van der Waals surface area (Å²) in [6.45, 7) is 7.81. The van der Waals surface area contributed by atoms with Crippen molar-refractivity contribution in [2.45, 2.75) is 45.3 Å². The molecular weight excluding hydrogens is 238 g/mol. The highest BCUT2D eigenvalue weighted by molar-refractivity contribution is 4.97. The molecule has 2 heterocycles. The first kappa shape index (κ1) is 13.1. The van der Waals surface area contributed by atoms with Gasteiger partial charge in [0.15, 0.2) is 0 Å². The third-order valence-electron chi connectivity index (χ3n) is 4.60. The van der Waals surface area contributed by atoms with Gasteiger partial charge in [-0.1, -0.05) is 13.8 Å². The van der Waals surface area contributed by atoms with E-state index in [9.17, 15) is 0 Å². The minimum Gasteiger partial charge on any atom is -0.311 e. The number of rotatable bonds is 4. The summed E-state index contributed by atoms with van der Waals surface area (Å²) in [4.78, 5) is 6.98. The molecule has 1 N–H and O–H groups in total. The van der Waals surface area contributed by atoms with Gasteiger partial charge in [-0.3, -0.25) is 9.58 Å². The quantitative estimate of drug-likeness (QED) is 0.881. The summed E-state index contributed by atoms with van der Waals surface area (Å²) in [7, 11) is 1.98. The first-order valence-corrected chi connectivity index (χ1v) is 7.45. The van der Waals surface area contributed by atoms with Crippen LogP contribution in [0.2, 0.25) is 0 Å². The average Bonchev–Trinajstić information content (AvgIpc) is 3.15. The zero-order valence-corrected chi connectivity index (χ0v) is 12.2. The second-order valence-corrected chi connectivity index (χ2v) is 6.39. The molecule has 1 aliphatic carbocycles. The lowest BCUT2D eigenvalue weighted by molar-refractivity contribution is 0.0816. The Morgan fingerprint density at radius 2 is 2.21 bits per heavy atom. The van der Waals surface area contributed by atoms with Gasteiger partial charge in [-0.15, -0.1) is 0 Å². The molecule has 19 heavy (non-hydrogen) atoms. The van der Waals surface area contributed by atoms with E-state index in [4.69, 9.17) is 0 Å². The number of piperazine rings is 1. The summed E-state index contributed by atoms with van der Waals surface area (Å²) in [5, 5.41) is 7.93. The molecule has 1 saturated carbocycles. The monoisotopic (exact) mass is 263 g/mol. The van der Waals surface area contributed by atoms with Crippen LogP contribution in [-0.4, -0.2) is 44.8 Å². The van der Waals surface area contributed by atoms with Crippen LogP contribution in [0.4, 0.5) is 0 Å². The van der Waals surface area contributed by atoms with Gasteiger partial charge in [-0.25, -0.2) is 4.98 Å². The number of aromatic nitrogens is 3. The molecule has 1 aliphatic heterocycles. The molecule has 5 nitrogen and oxygen atoms in total. The highest BCUT2D eigenvalue weighted by Gasteiger charge is 2.38. The van der Waals surface area contributed by atoms with Crippen LogP contribution in [0.1, 0.15) is 32.5 Å². The van der Waals surface area contributed by atoms with Crippen molar-refractivity contribution in [1.29, 1.82) is 0 Å². The van der Waals surface area contributed by atoms with Gasteiger partial charge < -0.3 is 5.32 Å². The zero-order valence-electron chi connectivity index (χ0n) is 12.2. The van der Waals surface area contributed by atoms with Crippen molar-refractivity contribution in [1.82, 2.24) is 25.0 Å². The van der Waals surface area contributed by atoms with Crippen LogP contribution in [0.25, 0.3) is 0 Å². The number of nitrogens with zero attached hydrogens (tertiary/aromatic N) is 4. The van der Waals surface area contributed by atoms with Gasteiger partial charge in [-0.2, -0.15) is 5.10 Å². The van der Waals surface area contributed by atoms with E-state index in [1.165, 1.54) is 12.8 Å². The van der Waals surface area contributed by atoms with Crippen molar-refractivity contribution < 1.29 is 0 Å². The highest BCUT2D eigenvalue weighted by Crippen LogP contribution is 2.35. The number of nitrogens with one attached hydrogen (secondary N) is 1. The molecule has 0 bridgehead atoms. The van der Waals surface area contributed by atoms with Crippen molar-refractivity contribution in [2.24, 2.45) is 18.9 Å². The molecular formula is C14H25N5. The van der Waals surface area contributed by atoms with Crippen LogP contribution in [0.3, 0.4) is 0 Å². The molecule has 2 fully saturated rings. The molecule has 2 unspecified atom stereocenters. The van der Waals surface area contributed by atoms with Crippen molar-refractivity contribution >= 4 is 0 Å². The van der Waals surface area contributed by atoms with E-state index in [0.717, 1.165) is 31.4 Å². The Kier molecular flexibility index (Phi) is 3.58. The molecule has 5 heteroatoms. The lowest BCUT2D eigenvalue weighted by Gasteiger charge is -2.42. The second kappa shape index (κ2) is 5.21. The van der Waals surface area contributed by atoms with Gasteiger partial charge >= 0.3 is 0 Å². The van der Waals surface area contributed by atoms with Gasteiger partial charge in [0.25, 0.3) is 0 Å². The van der Waals surface area contributed by atoms with E-state index in [-0.39, 0.29) is 0 Å². The van der Waals surface area contributed by atoms with Crippen LogP contribution >= 0.6 is 0 Å². The summed E-state index contributed by atoms with van der Waals surface area (Å²) in [6.07, 6.45) is 4.46. The largest absolute Gasteiger partial charge is 0.311 e. The summed E-state index contributed by atoms with van der Waals surface area (Å²) in [5.74, 6) is 2.65. The van der Waals surface area contributed by atoms with Crippen molar-refractivity contribution in [2.75, 3.05) is 13.1 Å². The van der Waals surface area contributed by atoms with Crippen LogP contribution in [0.5, 0.6) is 0 Å². The fraction of sp³-hybridized carbons (Fsp3) is 0.857.